The normalized spacial score (nSPS) is 12.1. The SMILES string of the molecule is CCCn1cc(-n2cc(-c3ccc(O[C@H](C)CC)nc3C)cn2)ccc1=O. The van der Waals surface area contributed by atoms with Crippen LogP contribution in [-0.2, 0) is 6.54 Å². The van der Waals surface area contributed by atoms with Gasteiger partial charge in [-0.1, -0.05) is 13.8 Å². The number of hydrogen-bond donors (Lipinski definition) is 0. The number of hydrogen-bond acceptors (Lipinski definition) is 4. The van der Waals surface area contributed by atoms with Crippen molar-refractivity contribution in [1.82, 2.24) is 19.3 Å². The topological polar surface area (TPSA) is 61.9 Å². The fourth-order valence-corrected chi connectivity index (χ4v) is 2.87. The zero-order chi connectivity index (χ0) is 19.4. The average molecular weight is 366 g/mol. The maximum absolute atomic E-state index is 11.9. The van der Waals surface area contributed by atoms with Crippen LogP contribution in [0.5, 0.6) is 5.88 Å². The van der Waals surface area contributed by atoms with Crippen LogP contribution in [0.4, 0.5) is 0 Å². The van der Waals surface area contributed by atoms with E-state index < -0.39 is 0 Å². The van der Waals surface area contributed by atoms with Crippen molar-refractivity contribution in [1.29, 1.82) is 0 Å². The lowest BCUT2D eigenvalue weighted by atomic mass is 10.1. The van der Waals surface area contributed by atoms with Crippen LogP contribution in [0, 0.1) is 6.92 Å². The van der Waals surface area contributed by atoms with Crippen LogP contribution < -0.4 is 10.3 Å². The molecular weight excluding hydrogens is 340 g/mol. The number of aryl methyl sites for hydroxylation is 2. The maximum atomic E-state index is 11.9. The largest absolute Gasteiger partial charge is 0.475 e. The highest BCUT2D eigenvalue weighted by molar-refractivity contribution is 5.65. The monoisotopic (exact) mass is 366 g/mol. The van der Waals surface area contributed by atoms with Gasteiger partial charge in [-0.15, -0.1) is 0 Å². The van der Waals surface area contributed by atoms with E-state index in [1.54, 1.807) is 21.4 Å². The van der Waals surface area contributed by atoms with Crippen LogP contribution in [0.15, 0.2) is 47.7 Å². The van der Waals surface area contributed by atoms with E-state index in [0.29, 0.717) is 12.4 Å². The minimum absolute atomic E-state index is 0.00456. The second-order valence-corrected chi connectivity index (χ2v) is 6.71. The summed E-state index contributed by atoms with van der Waals surface area (Å²) in [5.74, 6) is 0.643. The van der Waals surface area contributed by atoms with Gasteiger partial charge in [0.25, 0.3) is 5.56 Å². The van der Waals surface area contributed by atoms with Gasteiger partial charge >= 0.3 is 0 Å². The van der Waals surface area contributed by atoms with Gasteiger partial charge in [-0.2, -0.15) is 5.10 Å². The zero-order valence-corrected chi connectivity index (χ0v) is 16.3. The van der Waals surface area contributed by atoms with Crippen molar-refractivity contribution in [3.63, 3.8) is 0 Å². The zero-order valence-electron chi connectivity index (χ0n) is 16.3. The predicted molar refractivity (Wildman–Crippen MR) is 106 cm³/mol. The Hall–Kier alpha value is -2.89. The molecule has 0 amide bonds. The highest BCUT2D eigenvalue weighted by Gasteiger charge is 2.10. The van der Waals surface area contributed by atoms with E-state index in [1.807, 2.05) is 44.6 Å². The van der Waals surface area contributed by atoms with Gasteiger partial charge in [0.1, 0.15) is 0 Å². The second kappa shape index (κ2) is 8.20. The van der Waals surface area contributed by atoms with Gasteiger partial charge in [-0.25, -0.2) is 9.67 Å². The molecule has 0 aromatic carbocycles. The summed E-state index contributed by atoms with van der Waals surface area (Å²) in [7, 11) is 0. The van der Waals surface area contributed by atoms with Crippen molar-refractivity contribution in [3.8, 4) is 22.7 Å². The molecule has 0 saturated heterocycles. The number of pyridine rings is 2. The molecule has 142 valence electrons. The fourth-order valence-electron chi connectivity index (χ4n) is 2.87. The van der Waals surface area contributed by atoms with Gasteiger partial charge in [0.15, 0.2) is 0 Å². The number of rotatable bonds is 7. The van der Waals surface area contributed by atoms with Gasteiger partial charge in [0.2, 0.25) is 5.88 Å². The van der Waals surface area contributed by atoms with Crippen LogP contribution in [0.1, 0.15) is 39.3 Å². The van der Waals surface area contributed by atoms with E-state index >= 15 is 0 Å². The highest BCUT2D eigenvalue weighted by Crippen LogP contribution is 2.25. The van der Waals surface area contributed by atoms with Gasteiger partial charge in [-0.3, -0.25) is 4.79 Å². The minimum atomic E-state index is 0.00456. The summed E-state index contributed by atoms with van der Waals surface area (Å²) in [6, 6.07) is 7.28. The molecule has 3 rings (SSSR count). The summed E-state index contributed by atoms with van der Waals surface area (Å²) in [5, 5.41) is 4.46. The van der Waals surface area contributed by atoms with E-state index in [2.05, 4.69) is 23.9 Å². The summed E-state index contributed by atoms with van der Waals surface area (Å²) < 4.78 is 9.29. The molecule has 0 bridgehead atoms. The second-order valence-electron chi connectivity index (χ2n) is 6.71. The van der Waals surface area contributed by atoms with Crippen molar-refractivity contribution >= 4 is 0 Å². The average Bonchev–Trinajstić information content (AvgIpc) is 3.13. The van der Waals surface area contributed by atoms with Crippen molar-refractivity contribution in [3.05, 3.63) is 58.9 Å². The molecule has 3 aromatic heterocycles. The van der Waals surface area contributed by atoms with Gasteiger partial charge in [0, 0.05) is 47.9 Å². The van der Waals surface area contributed by atoms with Crippen LogP contribution in [0.3, 0.4) is 0 Å². The van der Waals surface area contributed by atoms with Crippen molar-refractivity contribution in [2.24, 2.45) is 0 Å². The molecule has 0 aliphatic rings. The Morgan fingerprint density at radius 2 is 1.96 bits per heavy atom. The standard InChI is InChI=1S/C21H26N4O2/c1-5-11-24-14-18(7-10-21(24)26)25-13-17(12-22-25)19-8-9-20(23-16(19)4)27-15(3)6-2/h7-10,12-15H,5-6,11H2,1-4H3/t15-/m1/s1. The van der Waals surface area contributed by atoms with E-state index in [4.69, 9.17) is 4.74 Å². The summed E-state index contributed by atoms with van der Waals surface area (Å²) in [4.78, 5) is 16.5. The van der Waals surface area contributed by atoms with Crippen LogP contribution >= 0.6 is 0 Å². The van der Waals surface area contributed by atoms with E-state index in [9.17, 15) is 4.79 Å². The third-order valence-corrected chi connectivity index (χ3v) is 4.55. The Bertz CT molecular complexity index is 974. The Balaban J connectivity index is 1.88. The summed E-state index contributed by atoms with van der Waals surface area (Å²) >= 11 is 0. The lowest BCUT2D eigenvalue weighted by Gasteiger charge is -2.13. The quantitative estimate of drug-likeness (QED) is 0.634. The predicted octanol–water partition coefficient (Wildman–Crippen LogP) is 3.99. The molecule has 3 heterocycles. The molecule has 0 aliphatic carbocycles. The number of aromatic nitrogens is 4. The van der Waals surface area contributed by atoms with E-state index in [-0.39, 0.29) is 11.7 Å². The van der Waals surface area contributed by atoms with Crippen molar-refractivity contribution in [2.75, 3.05) is 0 Å². The molecule has 3 aromatic rings. The summed E-state index contributed by atoms with van der Waals surface area (Å²) in [5.41, 5.74) is 3.75. The molecule has 0 saturated carbocycles. The van der Waals surface area contributed by atoms with Crippen LogP contribution in [-0.4, -0.2) is 25.4 Å². The molecular formula is C21H26N4O2. The highest BCUT2D eigenvalue weighted by atomic mass is 16.5. The maximum Gasteiger partial charge on any atom is 0.250 e. The first kappa shape index (κ1) is 18.9. The molecule has 1 atom stereocenters. The molecule has 6 nitrogen and oxygen atoms in total. The van der Waals surface area contributed by atoms with Crippen molar-refractivity contribution < 1.29 is 4.74 Å². The van der Waals surface area contributed by atoms with Crippen LogP contribution in [0.25, 0.3) is 16.8 Å². The van der Waals surface area contributed by atoms with Crippen LogP contribution in [0.2, 0.25) is 0 Å². The molecule has 27 heavy (non-hydrogen) atoms. The number of ether oxygens (including phenoxy) is 1. The molecule has 0 fully saturated rings. The summed E-state index contributed by atoms with van der Waals surface area (Å²) in [6.07, 6.45) is 7.60. The third kappa shape index (κ3) is 4.27. The molecule has 0 N–H and O–H groups in total. The van der Waals surface area contributed by atoms with Gasteiger partial charge in [0.05, 0.1) is 18.0 Å². The first-order valence-electron chi connectivity index (χ1n) is 9.42. The molecule has 6 heteroatoms. The lowest BCUT2D eigenvalue weighted by Crippen LogP contribution is -2.19. The fraction of sp³-hybridized carbons (Fsp3) is 0.381. The third-order valence-electron chi connectivity index (χ3n) is 4.55. The first-order chi connectivity index (χ1) is 13.0. The van der Waals surface area contributed by atoms with Crippen molar-refractivity contribution in [2.45, 2.75) is 53.2 Å². The first-order valence-corrected chi connectivity index (χ1v) is 9.42. The lowest BCUT2D eigenvalue weighted by molar-refractivity contribution is 0.208. The van der Waals surface area contributed by atoms with E-state index in [1.165, 1.54) is 0 Å². The van der Waals surface area contributed by atoms with E-state index in [0.717, 1.165) is 35.3 Å². The molecule has 0 aliphatic heterocycles. The molecule has 0 unspecified atom stereocenters. The minimum Gasteiger partial charge on any atom is -0.475 e. The number of nitrogens with zero attached hydrogens (tertiary/aromatic N) is 4. The smallest absolute Gasteiger partial charge is 0.250 e. The van der Waals surface area contributed by atoms with Gasteiger partial charge < -0.3 is 9.30 Å². The Labute approximate surface area is 159 Å². The summed E-state index contributed by atoms with van der Waals surface area (Å²) in [6.45, 7) is 8.84. The Morgan fingerprint density at radius 3 is 2.67 bits per heavy atom. The Kier molecular flexibility index (Phi) is 5.74. The molecule has 0 spiro atoms. The Morgan fingerprint density at radius 1 is 1.15 bits per heavy atom. The van der Waals surface area contributed by atoms with Gasteiger partial charge in [-0.05, 0) is 38.8 Å². The molecule has 0 radical (unpaired) electrons.